The fraction of sp³-hybridized carbons (Fsp3) is 0.682. The highest BCUT2D eigenvalue weighted by Crippen LogP contribution is 2.59. The number of carbonyl (C=O) groups excluding carboxylic acids is 1. The van der Waals surface area contributed by atoms with E-state index >= 15 is 0 Å². The Hall–Kier alpha value is -1.35. The van der Waals surface area contributed by atoms with E-state index in [1.165, 1.54) is 50.9 Å². The third-order valence-electron chi connectivity index (χ3n) is 6.58. The van der Waals surface area contributed by atoms with Gasteiger partial charge in [-0.15, -0.1) is 0 Å². The van der Waals surface area contributed by atoms with Crippen LogP contribution in [0.4, 0.5) is 0 Å². The monoisotopic (exact) mass is 342 g/mol. The largest absolute Gasteiger partial charge is 0.356 e. The van der Waals surface area contributed by atoms with Crippen LogP contribution >= 0.6 is 0 Å². The van der Waals surface area contributed by atoms with E-state index < -0.39 is 0 Å². The Balaban J connectivity index is 1.38. The maximum atomic E-state index is 12.5. The van der Waals surface area contributed by atoms with Gasteiger partial charge in [0.1, 0.15) is 0 Å². The van der Waals surface area contributed by atoms with Crippen molar-refractivity contribution in [2.24, 2.45) is 17.3 Å². The molecule has 2 fully saturated rings. The van der Waals surface area contributed by atoms with Crippen LogP contribution in [0.1, 0.15) is 51.5 Å². The quantitative estimate of drug-likeness (QED) is 0.777. The first kappa shape index (κ1) is 18.4. The van der Waals surface area contributed by atoms with E-state index in [1.54, 1.807) is 0 Å². The van der Waals surface area contributed by atoms with Crippen LogP contribution in [-0.4, -0.2) is 37.0 Å². The number of benzene rings is 1. The molecule has 2 aliphatic rings. The molecule has 1 aliphatic carbocycles. The van der Waals surface area contributed by atoms with Crippen molar-refractivity contribution in [1.82, 2.24) is 10.2 Å². The van der Waals surface area contributed by atoms with Gasteiger partial charge in [0.2, 0.25) is 5.91 Å². The summed E-state index contributed by atoms with van der Waals surface area (Å²) in [5, 5.41) is 3.17. The van der Waals surface area contributed by atoms with Gasteiger partial charge in [0, 0.05) is 19.0 Å². The van der Waals surface area contributed by atoms with Gasteiger partial charge in [-0.1, -0.05) is 57.0 Å². The van der Waals surface area contributed by atoms with E-state index in [1.807, 2.05) is 6.07 Å². The molecule has 1 amide bonds. The molecule has 1 saturated carbocycles. The predicted molar refractivity (Wildman–Crippen MR) is 103 cm³/mol. The molecule has 25 heavy (non-hydrogen) atoms. The molecule has 138 valence electrons. The van der Waals surface area contributed by atoms with Crippen molar-refractivity contribution < 1.29 is 4.79 Å². The van der Waals surface area contributed by atoms with Crippen LogP contribution in [0.15, 0.2) is 30.3 Å². The lowest BCUT2D eigenvalue weighted by Gasteiger charge is -2.34. The molecule has 0 radical (unpaired) electrons. The minimum Gasteiger partial charge on any atom is -0.356 e. The molecule has 3 heteroatoms. The molecule has 1 saturated heterocycles. The number of nitrogens with one attached hydrogen (secondary N) is 1. The molecule has 3 nitrogen and oxygen atoms in total. The zero-order valence-electron chi connectivity index (χ0n) is 16.0. The van der Waals surface area contributed by atoms with Crippen LogP contribution in [0.25, 0.3) is 0 Å². The third-order valence-corrected chi connectivity index (χ3v) is 6.58. The molecular weight excluding hydrogens is 308 g/mol. The van der Waals surface area contributed by atoms with Crippen LogP contribution in [0.3, 0.4) is 0 Å². The van der Waals surface area contributed by atoms with E-state index in [4.69, 9.17) is 0 Å². The van der Waals surface area contributed by atoms with E-state index in [-0.39, 0.29) is 5.92 Å². The van der Waals surface area contributed by atoms with Gasteiger partial charge in [0.05, 0.1) is 0 Å². The summed E-state index contributed by atoms with van der Waals surface area (Å²) in [5.41, 5.74) is 1.63. The molecular formula is C22H34N2O. The molecule has 0 aromatic heterocycles. The second-order valence-corrected chi connectivity index (χ2v) is 8.13. The molecule has 0 unspecified atom stereocenters. The molecule has 3 rings (SSSR count). The smallest absolute Gasteiger partial charge is 0.223 e. The van der Waals surface area contributed by atoms with Crippen molar-refractivity contribution in [2.75, 3.05) is 26.2 Å². The Morgan fingerprint density at radius 1 is 1.20 bits per heavy atom. The number of carbonyl (C=O) groups is 1. The first-order valence-electron chi connectivity index (χ1n) is 10.2. The molecule has 1 aromatic rings. The Morgan fingerprint density at radius 2 is 1.88 bits per heavy atom. The number of likely N-dealkylation sites (tertiary alicyclic amines) is 1. The van der Waals surface area contributed by atoms with Crippen LogP contribution in [-0.2, 0) is 11.2 Å². The van der Waals surface area contributed by atoms with Gasteiger partial charge >= 0.3 is 0 Å². The first-order chi connectivity index (χ1) is 12.2. The summed E-state index contributed by atoms with van der Waals surface area (Å²) >= 11 is 0. The number of amides is 1. The van der Waals surface area contributed by atoms with Gasteiger partial charge in [-0.2, -0.15) is 0 Å². The minimum absolute atomic E-state index is 0.276. The number of hydrogen-bond acceptors (Lipinski definition) is 2. The Morgan fingerprint density at radius 3 is 2.52 bits per heavy atom. The number of piperidine rings is 1. The second-order valence-electron chi connectivity index (χ2n) is 8.13. The average molecular weight is 343 g/mol. The normalized spacial score (nSPS) is 22.3. The number of nitrogens with zero attached hydrogens (tertiary/aromatic N) is 1. The predicted octanol–water partition coefficient (Wildman–Crippen LogP) is 3.88. The summed E-state index contributed by atoms with van der Waals surface area (Å²) in [7, 11) is 0. The lowest BCUT2D eigenvalue weighted by molar-refractivity contribution is -0.123. The SMILES string of the molecule is CCC(CC)CN1CCC2(CC1)C[C@@H]2C(=O)NCCc1ccccc1. The Bertz CT molecular complexity index is 544. The molecule has 1 N–H and O–H groups in total. The zero-order valence-corrected chi connectivity index (χ0v) is 16.0. The van der Waals surface area contributed by atoms with Crippen LogP contribution in [0.5, 0.6) is 0 Å². The van der Waals surface area contributed by atoms with E-state index in [9.17, 15) is 4.79 Å². The highest BCUT2D eigenvalue weighted by Gasteiger charge is 2.58. The molecule has 1 heterocycles. The van der Waals surface area contributed by atoms with E-state index in [0.29, 0.717) is 11.3 Å². The third kappa shape index (κ3) is 4.63. The summed E-state index contributed by atoms with van der Waals surface area (Å²) in [5.74, 6) is 1.41. The lowest BCUT2D eigenvalue weighted by atomic mass is 9.89. The summed E-state index contributed by atoms with van der Waals surface area (Å²) in [4.78, 5) is 15.1. The highest BCUT2D eigenvalue weighted by molar-refractivity contribution is 5.82. The second kappa shape index (κ2) is 8.35. The summed E-state index contributed by atoms with van der Waals surface area (Å²) in [6.07, 6.45) is 7.03. The summed E-state index contributed by atoms with van der Waals surface area (Å²) in [6.45, 7) is 8.98. The van der Waals surface area contributed by atoms with Gasteiger partial charge in [0.15, 0.2) is 0 Å². The zero-order chi connectivity index (χ0) is 17.7. The van der Waals surface area contributed by atoms with Gasteiger partial charge in [-0.05, 0) is 55.7 Å². The van der Waals surface area contributed by atoms with Crippen molar-refractivity contribution in [3.63, 3.8) is 0 Å². The van der Waals surface area contributed by atoms with Gasteiger partial charge < -0.3 is 10.2 Å². The summed E-state index contributed by atoms with van der Waals surface area (Å²) in [6, 6.07) is 10.4. The highest BCUT2D eigenvalue weighted by atomic mass is 16.2. The van der Waals surface area contributed by atoms with Crippen molar-refractivity contribution in [2.45, 2.75) is 52.4 Å². The number of rotatable bonds is 8. The molecule has 0 bridgehead atoms. The van der Waals surface area contributed by atoms with Crippen LogP contribution in [0, 0.1) is 17.3 Å². The maximum Gasteiger partial charge on any atom is 0.223 e. The summed E-state index contributed by atoms with van der Waals surface area (Å²) < 4.78 is 0. The van der Waals surface area contributed by atoms with Crippen LogP contribution < -0.4 is 5.32 Å². The Kier molecular flexibility index (Phi) is 6.16. The fourth-order valence-electron chi connectivity index (χ4n) is 4.46. The molecule has 1 spiro atoms. The number of hydrogen-bond donors (Lipinski definition) is 1. The average Bonchev–Trinajstić information content (AvgIpc) is 3.36. The van der Waals surface area contributed by atoms with Crippen molar-refractivity contribution in [1.29, 1.82) is 0 Å². The van der Waals surface area contributed by atoms with Gasteiger partial charge in [-0.3, -0.25) is 4.79 Å². The van der Waals surface area contributed by atoms with Crippen LogP contribution in [0.2, 0.25) is 0 Å². The van der Waals surface area contributed by atoms with Gasteiger partial charge in [-0.25, -0.2) is 0 Å². The maximum absolute atomic E-state index is 12.5. The Labute approximate surface area is 153 Å². The van der Waals surface area contributed by atoms with E-state index in [2.05, 4.69) is 48.3 Å². The topological polar surface area (TPSA) is 32.3 Å². The standard InChI is InChI=1S/C22H34N2O/c1-3-18(4-2)17-24-14-11-22(12-15-24)16-20(22)21(25)23-13-10-19-8-6-5-7-9-19/h5-9,18,20H,3-4,10-17H2,1-2H3,(H,23,25)/t20-/m1/s1. The molecule has 1 aromatic carbocycles. The fourth-order valence-corrected chi connectivity index (χ4v) is 4.46. The first-order valence-corrected chi connectivity index (χ1v) is 10.2. The van der Waals surface area contributed by atoms with Crippen molar-refractivity contribution in [3.8, 4) is 0 Å². The molecule has 1 aliphatic heterocycles. The molecule has 1 atom stereocenters. The lowest BCUT2D eigenvalue weighted by Crippen LogP contribution is -2.39. The minimum atomic E-state index is 0.276. The van der Waals surface area contributed by atoms with Gasteiger partial charge in [0.25, 0.3) is 0 Å². The van der Waals surface area contributed by atoms with E-state index in [0.717, 1.165) is 25.3 Å². The van der Waals surface area contributed by atoms with Crippen molar-refractivity contribution >= 4 is 5.91 Å². The van der Waals surface area contributed by atoms with Crippen molar-refractivity contribution in [3.05, 3.63) is 35.9 Å².